The van der Waals surface area contributed by atoms with Crippen LogP contribution in [0.1, 0.15) is 22.3 Å². The summed E-state index contributed by atoms with van der Waals surface area (Å²) in [7, 11) is 0. The van der Waals surface area contributed by atoms with Crippen LogP contribution in [-0.2, 0) is 5.41 Å². The molecule has 5 aromatic rings. The van der Waals surface area contributed by atoms with E-state index in [-0.39, 0.29) is 0 Å². The van der Waals surface area contributed by atoms with E-state index in [1.165, 1.54) is 44.5 Å². The van der Waals surface area contributed by atoms with Gasteiger partial charge in [-0.05, 0) is 51.6 Å². The molecule has 7 rings (SSSR count). The number of benzene rings is 5. The first-order valence-electron chi connectivity index (χ1n) is 11.0. The van der Waals surface area contributed by atoms with Crippen molar-refractivity contribution in [2.75, 3.05) is 0 Å². The zero-order valence-corrected chi connectivity index (χ0v) is 17.5. The maximum absolute atomic E-state index is 6.41. The van der Waals surface area contributed by atoms with Crippen LogP contribution in [-0.4, -0.2) is 0 Å². The van der Waals surface area contributed by atoms with Crippen LogP contribution in [0, 0.1) is 0 Å². The number of hydrogen-bond donors (Lipinski definition) is 0. The molecule has 1 heteroatoms. The molecule has 0 unspecified atom stereocenters. The predicted octanol–water partition coefficient (Wildman–Crippen LogP) is 7.82. The maximum Gasteiger partial charge on any atom is 0.132 e. The fraction of sp³-hybridized carbons (Fsp3) is 0.0323. The van der Waals surface area contributed by atoms with Crippen molar-refractivity contribution >= 4 is 0 Å². The van der Waals surface area contributed by atoms with Gasteiger partial charge in [-0.25, -0.2) is 0 Å². The summed E-state index contributed by atoms with van der Waals surface area (Å²) in [5.41, 5.74) is 9.72. The fourth-order valence-corrected chi connectivity index (χ4v) is 5.66. The van der Waals surface area contributed by atoms with Crippen molar-refractivity contribution in [2.45, 2.75) is 5.41 Å². The van der Waals surface area contributed by atoms with Gasteiger partial charge in [-0.2, -0.15) is 0 Å². The van der Waals surface area contributed by atoms with Gasteiger partial charge >= 0.3 is 0 Å². The van der Waals surface area contributed by atoms with Gasteiger partial charge in [-0.1, -0.05) is 103 Å². The number of ether oxygens (including phenoxy) is 1. The average Bonchev–Trinajstić information content (AvgIpc) is 3.15. The summed E-state index contributed by atoms with van der Waals surface area (Å²) < 4.78 is 6.41. The highest BCUT2D eigenvalue weighted by molar-refractivity contribution is 5.90. The predicted molar refractivity (Wildman–Crippen MR) is 129 cm³/mol. The lowest BCUT2D eigenvalue weighted by Crippen LogP contribution is -2.32. The van der Waals surface area contributed by atoms with E-state index < -0.39 is 5.41 Å². The molecular weight excluding hydrogens is 388 g/mol. The molecule has 2 aliphatic rings. The van der Waals surface area contributed by atoms with Crippen LogP contribution in [0.2, 0.25) is 0 Å². The van der Waals surface area contributed by atoms with E-state index in [0.29, 0.717) is 0 Å². The Morgan fingerprint density at radius 2 is 0.969 bits per heavy atom. The van der Waals surface area contributed by atoms with E-state index in [9.17, 15) is 0 Å². The van der Waals surface area contributed by atoms with Crippen molar-refractivity contribution < 1.29 is 4.74 Å². The molecule has 0 atom stereocenters. The van der Waals surface area contributed by atoms with Gasteiger partial charge in [-0.3, -0.25) is 0 Å². The molecular formula is C31H20O. The van der Waals surface area contributed by atoms with E-state index in [2.05, 4.69) is 121 Å². The Hall–Kier alpha value is -4.10. The second-order valence-electron chi connectivity index (χ2n) is 8.52. The van der Waals surface area contributed by atoms with Crippen LogP contribution in [0.5, 0.6) is 11.5 Å². The Morgan fingerprint density at radius 1 is 0.406 bits per heavy atom. The van der Waals surface area contributed by atoms with E-state index in [0.717, 1.165) is 11.5 Å². The monoisotopic (exact) mass is 408 g/mol. The van der Waals surface area contributed by atoms with Crippen LogP contribution < -0.4 is 4.74 Å². The molecule has 0 saturated carbocycles. The van der Waals surface area contributed by atoms with Gasteiger partial charge in [0.2, 0.25) is 0 Å². The first kappa shape index (κ1) is 17.6. The van der Waals surface area contributed by atoms with E-state index in [4.69, 9.17) is 4.74 Å². The number of rotatable bonds is 1. The second-order valence-corrected chi connectivity index (χ2v) is 8.52. The van der Waals surface area contributed by atoms with Crippen LogP contribution in [0.4, 0.5) is 0 Å². The molecule has 1 aliphatic heterocycles. The van der Waals surface area contributed by atoms with Gasteiger partial charge in [0.1, 0.15) is 11.5 Å². The van der Waals surface area contributed by atoms with Crippen LogP contribution >= 0.6 is 0 Å². The van der Waals surface area contributed by atoms with Crippen molar-refractivity contribution in [3.05, 3.63) is 144 Å². The highest BCUT2D eigenvalue weighted by Crippen LogP contribution is 2.62. The minimum absolute atomic E-state index is 0.401. The SMILES string of the molecule is c1ccc(-c2ccc3c(c2)C2(c4ccccc4Oc4ccccc42)c2ccccc2-3)cc1. The summed E-state index contributed by atoms with van der Waals surface area (Å²) in [6.45, 7) is 0. The number of para-hydroxylation sites is 2. The number of hydrogen-bond acceptors (Lipinski definition) is 1. The second kappa shape index (κ2) is 6.45. The molecule has 5 aromatic carbocycles. The molecule has 1 aliphatic carbocycles. The third kappa shape index (κ3) is 2.18. The van der Waals surface area contributed by atoms with Crippen molar-refractivity contribution in [3.8, 4) is 33.8 Å². The molecule has 0 aromatic heterocycles. The van der Waals surface area contributed by atoms with Crippen molar-refractivity contribution in [2.24, 2.45) is 0 Å². The summed E-state index contributed by atoms with van der Waals surface area (Å²) >= 11 is 0. The lowest BCUT2D eigenvalue weighted by molar-refractivity contribution is 0.436. The first-order chi connectivity index (χ1) is 15.9. The molecule has 1 spiro atoms. The van der Waals surface area contributed by atoms with Crippen molar-refractivity contribution in [1.29, 1.82) is 0 Å². The third-order valence-corrected chi connectivity index (χ3v) is 6.95. The van der Waals surface area contributed by atoms with Crippen LogP contribution in [0.3, 0.4) is 0 Å². The quantitative estimate of drug-likeness (QED) is 0.269. The van der Waals surface area contributed by atoms with E-state index in [1.807, 2.05) is 0 Å². The molecule has 32 heavy (non-hydrogen) atoms. The Labute approximate surface area is 187 Å². The lowest BCUT2D eigenvalue weighted by atomic mass is 9.66. The van der Waals surface area contributed by atoms with Gasteiger partial charge in [0, 0.05) is 11.1 Å². The Kier molecular flexibility index (Phi) is 3.54. The van der Waals surface area contributed by atoms with Crippen molar-refractivity contribution in [3.63, 3.8) is 0 Å². The number of fused-ring (bicyclic) bond motifs is 9. The zero-order valence-electron chi connectivity index (χ0n) is 17.5. The minimum atomic E-state index is -0.401. The van der Waals surface area contributed by atoms with Gasteiger partial charge in [-0.15, -0.1) is 0 Å². The van der Waals surface area contributed by atoms with Gasteiger partial charge in [0.25, 0.3) is 0 Å². The molecule has 0 saturated heterocycles. The Bertz CT molecular complexity index is 1450. The van der Waals surface area contributed by atoms with Gasteiger partial charge in [0.05, 0.1) is 5.41 Å². The van der Waals surface area contributed by atoms with E-state index in [1.54, 1.807) is 0 Å². The van der Waals surface area contributed by atoms with Crippen LogP contribution in [0.15, 0.2) is 121 Å². The minimum Gasteiger partial charge on any atom is -0.457 e. The first-order valence-corrected chi connectivity index (χ1v) is 11.0. The molecule has 1 nitrogen and oxygen atoms in total. The summed E-state index contributed by atoms with van der Waals surface area (Å²) in [6.07, 6.45) is 0. The summed E-state index contributed by atoms with van der Waals surface area (Å²) in [5, 5.41) is 0. The molecule has 1 heterocycles. The third-order valence-electron chi connectivity index (χ3n) is 6.95. The molecule has 0 bridgehead atoms. The zero-order chi connectivity index (χ0) is 21.1. The highest BCUT2D eigenvalue weighted by atomic mass is 16.5. The van der Waals surface area contributed by atoms with Crippen molar-refractivity contribution in [1.82, 2.24) is 0 Å². The summed E-state index contributed by atoms with van der Waals surface area (Å²) in [5.74, 6) is 1.86. The Morgan fingerprint density at radius 3 is 1.69 bits per heavy atom. The largest absolute Gasteiger partial charge is 0.457 e. The highest BCUT2D eigenvalue weighted by Gasteiger charge is 2.50. The molecule has 0 amide bonds. The van der Waals surface area contributed by atoms with Gasteiger partial charge in [0.15, 0.2) is 0 Å². The topological polar surface area (TPSA) is 9.23 Å². The van der Waals surface area contributed by atoms with E-state index >= 15 is 0 Å². The normalized spacial score (nSPS) is 14.1. The fourth-order valence-electron chi connectivity index (χ4n) is 5.66. The van der Waals surface area contributed by atoms with Gasteiger partial charge < -0.3 is 4.74 Å². The standard InChI is InChI=1S/C31H20O/c1-2-10-21(11-3-1)22-18-19-24-23-12-4-5-13-25(23)31(28(24)20-22)26-14-6-8-16-29(26)32-30-17-9-7-15-27(30)31/h1-20H. The smallest absolute Gasteiger partial charge is 0.132 e. The molecule has 0 fully saturated rings. The summed E-state index contributed by atoms with van der Waals surface area (Å²) in [6, 6.07) is 43.4. The summed E-state index contributed by atoms with van der Waals surface area (Å²) in [4.78, 5) is 0. The van der Waals surface area contributed by atoms with Crippen LogP contribution in [0.25, 0.3) is 22.3 Å². The molecule has 0 N–H and O–H groups in total. The molecule has 0 radical (unpaired) electrons. The maximum atomic E-state index is 6.41. The average molecular weight is 409 g/mol. The Balaban J connectivity index is 1.64. The molecule has 150 valence electrons. The lowest BCUT2D eigenvalue weighted by Gasteiger charge is -2.39.